The SMILES string of the molecule is O=C(COc1ccccc1Cl)N/N=C\c1cc2c(cc1[N+](=O)[O-])OCO2. The Labute approximate surface area is 152 Å². The zero-order valence-electron chi connectivity index (χ0n) is 13.2. The molecule has 10 heteroatoms. The highest BCUT2D eigenvalue weighted by atomic mass is 35.5. The van der Waals surface area contributed by atoms with E-state index in [4.69, 9.17) is 25.8 Å². The maximum atomic E-state index is 11.8. The van der Waals surface area contributed by atoms with Crippen LogP contribution < -0.4 is 19.6 Å². The van der Waals surface area contributed by atoms with Crippen LogP contribution in [0.2, 0.25) is 5.02 Å². The molecule has 0 atom stereocenters. The largest absolute Gasteiger partial charge is 0.482 e. The van der Waals surface area contributed by atoms with E-state index >= 15 is 0 Å². The standard InChI is InChI=1S/C16H12ClN3O6/c17-11-3-1-2-4-13(11)24-8-16(21)19-18-7-10-5-14-15(26-9-25-14)6-12(10)20(22)23/h1-7H,8-9H2,(H,19,21)/b18-7-. The number of hydrogen-bond acceptors (Lipinski definition) is 7. The van der Waals surface area contributed by atoms with E-state index in [0.29, 0.717) is 16.5 Å². The van der Waals surface area contributed by atoms with Crippen molar-refractivity contribution < 1.29 is 23.9 Å². The predicted octanol–water partition coefficient (Wildman–Crippen LogP) is 2.51. The van der Waals surface area contributed by atoms with Crippen LogP contribution in [0.1, 0.15) is 5.56 Å². The second-order valence-electron chi connectivity index (χ2n) is 5.03. The van der Waals surface area contributed by atoms with Crippen LogP contribution >= 0.6 is 11.6 Å². The van der Waals surface area contributed by atoms with Crippen LogP contribution in [0.3, 0.4) is 0 Å². The Morgan fingerprint density at radius 2 is 2.08 bits per heavy atom. The molecule has 1 amide bonds. The molecule has 9 nitrogen and oxygen atoms in total. The number of fused-ring (bicyclic) bond motifs is 1. The Hall–Kier alpha value is -3.33. The second kappa shape index (κ2) is 7.70. The van der Waals surface area contributed by atoms with Crippen molar-refractivity contribution in [3.8, 4) is 17.2 Å². The highest BCUT2D eigenvalue weighted by molar-refractivity contribution is 6.32. The van der Waals surface area contributed by atoms with Crippen molar-refractivity contribution in [3.63, 3.8) is 0 Å². The van der Waals surface area contributed by atoms with Gasteiger partial charge in [0, 0.05) is 0 Å². The molecule has 1 N–H and O–H groups in total. The number of rotatable bonds is 6. The fourth-order valence-corrected chi connectivity index (χ4v) is 2.31. The Morgan fingerprint density at radius 1 is 1.35 bits per heavy atom. The summed E-state index contributed by atoms with van der Waals surface area (Å²) in [6.45, 7) is -0.326. The summed E-state index contributed by atoms with van der Waals surface area (Å²) in [6, 6.07) is 9.36. The van der Waals surface area contributed by atoms with Gasteiger partial charge < -0.3 is 14.2 Å². The van der Waals surface area contributed by atoms with Crippen molar-refractivity contribution in [2.45, 2.75) is 0 Å². The van der Waals surface area contributed by atoms with Gasteiger partial charge in [-0.15, -0.1) is 0 Å². The molecule has 0 radical (unpaired) electrons. The zero-order valence-corrected chi connectivity index (χ0v) is 13.9. The van der Waals surface area contributed by atoms with E-state index in [1.165, 1.54) is 12.1 Å². The molecule has 0 saturated heterocycles. The van der Waals surface area contributed by atoms with Crippen molar-refractivity contribution in [2.24, 2.45) is 5.10 Å². The molecule has 0 spiro atoms. The van der Waals surface area contributed by atoms with Gasteiger partial charge in [0.25, 0.3) is 11.6 Å². The minimum atomic E-state index is -0.578. The number of nitrogens with zero attached hydrogens (tertiary/aromatic N) is 2. The Morgan fingerprint density at radius 3 is 2.81 bits per heavy atom. The molecule has 0 unspecified atom stereocenters. The van der Waals surface area contributed by atoms with E-state index in [0.717, 1.165) is 6.21 Å². The second-order valence-corrected chi connectivity index (χ2v) is 5.44. The Kier molecular flexibility index (Phi) is 5.18. The maximum Gasteiger partial charge on any atom is 0.282 e. The first-order chi connectivity index (χ1) is 12.5. The summed E-state index contributed by atoms with van der Waals surface area (Å²) in [6.07, 6.45) is 1.15. The number of halogens is 1. The Bertz CT molecular complexity index is 886. The van der Waals surface area contributed by atoms with Gasteiger partial charge in [0.15, 0.2) is 18.1 Å². The first-order valence-corrected chi connectivity index (χ1v) is 7.69. The minimum Gasteiger partial charge on any atom is -0.482 e. The molecular weight excluding hydrogens is 366 g/mol. The van der Waals surface area contributed by atoms with Crippen molar-refractivity contribution in [1.82, 2.24) is 5.43 Å². The minimum absolute atomic E-state index is 0.0107. The number of ether oxygens (including phenoxy) is 3. The van der Waals surface area contributed by atoms with Gasteiger partial charge in [-0.1, -0.05) is 23.7 Å². The molecule has 1 aliphatic heterocycles. The average molecular weight is 378 g/mol. The fourth-order valence-electron chi connectivity index (χ4n) is 2.12. The third-order valence-corrected chi connectivity index (χ3v) is 3.62. The van der Waals surface area contributed by atoms with E-state index in [-0.39, 0.29) is 30.4 Å². The monoisotopic (exact) mass is 377 g/mol. The molecule has 0 bridgehead atoms. The number of hydrogen-bond donors (Lipinski definition) is 1. The van der Waals surface area contributed by atoms with Crippen molar-refractivity contribution in [2.75, 3.05) is 13.4 Å². The van der Waals surface area contributed by atoms with Crippen molar-refractivity contribution in [1.29, 1.82) is 0 Å². The van der Waals surface area contributed by atoms with E-state index in [2.05, 4.69) is 10.5 Å². The summed E-state index contributed by atoms with van der Waals surface area (Å²) in [7, 11) is 0. The molecule has 2 aromatic rings. The van der Waals surface area contributed by atoms with Gasteiger partial charge in [-0.25, -0.2) is 5.43 Å². The molecule has 2 aromatic carbocycles. The quantitative estimate of drug-likeness (QED) is 0.470. The van der Waals surface area contributed by atoms with Crippen LogP contribution in [0, 0.1) is 10.1 Å². The van der Waals surface area contributed by atoms with Crippen LogP contribution in [-0.4, -0.2) is 30.4 Å². The lowest BCUT2D eigenvalue weighted by Gasteiger charge is -2.06. The number of benzene rings is 2. The summed E-state index contributed by atoms with van der Waals surface area (Å²) in [5.41, 5.74) is 2.16. The number of carbonyl (C=O) groups is 1. The lowest BCUT2D eigenvalue weighted by Crippen LogP contribution is -2.24. The predicted molar refractivity (Wildman–Crippen MR) is 91.9 cm³/mol. The van der Waals surface area contributed by atoms with Crippen LogP contribution in [0.15, 0.2) is 41.5 Å². The Balaban J connectivity index is 1.62. The summed E-state index contributed by atoms with van der Waals surface area (Å²) >= 11 is 5.91. The molecule has 134 valence electrons. The van der Waals surface area contributed by atoms with Gasteiger partial charge in [0.05, 0.1) is 27.8 Å². The first-order valence-electron chi connectivity index (χ1n) is 7.32. The number of hydrazone groups is 1. The molecule has 0 fully saturated rings. The molecular formula is C16H12ClN3O6. The van der Waals surface area contributed by atoms with E-state index in [9.17, 15) is 14.9 Å². The third-order valence-electron chi connectivity index (χ3n) is 3.31. The number of nitro groups is 1. The lowest BCUT2D eigenvalue weighted by atomic mass is 10.1. The van der Waals surface area contributed by atoms with E-state index in [1.807, 2.05) is 0 Å². The molecule has 1 aliphatic rings. The highest BCUT2D eigenvalue weighted by Gasteiger charge is 2.22. The molecule has 1 heterocycles. The average Bonchev–Trinajstić information content (AvgIpc) is 3.07. The fraction of sp³-hybridized carbons (Fsp3) is 0.125. The number of carbonyl (C=O) groups excluding carboxylic acids is 1. The third kappa shape index (κ3) is 4.01. The van der Waals surface area contributed by atoms with Crippen LogP contribution in [0.5, 0.6) is 17.2 Å². The summed E-state index contributed by atoms with van der Waals surface area (Å²) in [5.74, 6) is 0.459. The summed E-state index contributed by atoms with van der Waals surface area (Å²) in [4.78, 5) is 22.3. The zero-order chi connectivity index (χ0) is 18.5. The number of para-hydroxylation sites is 1. The van der Waals surface area contributed by atoms with E-state index < -0.39 is 10.8 Å². The van der Waals surface area contributed by atoms with Gasteiger partial charge >= 0.3 is 0 Å². The first kappa shape index (κ1) is 17.5. The molecule has 0 saturated carbocycles. The van der Waals surface area contributed by atoms with Gasteiger partial charge in [-0.3, -0.25) is 14.9 Å². The molecule has 0 aromatic heterocycles. The highest BCUT2D eigenvalue weighted by Crippen LogP contribution is 2.37. The normalized spacial score (nSPS) is 12.2. The maximum absolute atomic E-state index is 11.8. The smallest absolute Gasteiger partial charge is 0.282 e. The number of nitrogens with one attached hydrogen (secondary N) is 1. The molecule has 3 rings (SSSR count). The van der Waals surface area contributed by atoms with Crippen LogP contribution in [-0.2, 0) is 4.79 Å². The van der Waals surface area contributed by atoms with Gasteiger partial charge in [0.1, 0.15) is 5.75 Å². The van der Waals surface area contributed by atoms with Crippen LogP contribution in [0.4, 0.5) is 5.69 Å². The lowest BCUT2D eigenvalue weighted by molar-refractivity contribution is -0.385. The summed E-state index contributed by atoms with van der Waals surface area (Å²) in [5, 5.41) is 15.2. The molecule has 26 heavy (non-hydrogen) atoms. The number of nitro benzene ring substituents is 1. The van der Waals surface area contributed by atoms with Gasteiger partial charge in [-0.2, -0.15) is 5.10 Å². The van der Waals surface area contributed by atoms with Gasteiger partial charge in [0.2, 0.25) is 6.79 Å². The summed E-state index contributed by atoms with van der Waals surface area (Å²) < 4.78 is 15.5. The van der Waals surface area contributed by atoms with Crippen molar-refractivity contribution in [3.05, 3.63) is 57.1 Å². The van der Waals surface area contributed by atoms with Gasteiger partial charge in [-0.05, 0) is 18.2 Å². The number of amides is 1. The van der Waals surface area contributed by atoms with Crippen molar-refractivity contribution >= 4 is 29.4 Å². The topological polar surface area (TPSA) is 112 Å². The molecule has 0 aliphatic carbocycles. The van der Waals surface area contributed by atoms with Crippen LogP contribution in [0.25, 0.3) is 0 Å². The van der Waals surface area contributed by atoms with E-state index in [1.54, 1.807) is 24.3 Å².